The Kier molecular flexibility index (Phi) is 6.97. The molecule has 0 amide bonds. The molecular formula is C15H25NO. The molecule has 0 aliphatic rings. The van der Waals surface area contributed by atoms with Gasteiger partial charge in [0.1, 0.15) is 6.61 Å². The summed E-state index contributed by atoms with van der Waals surface area (Å²) in [6.45, 7) is 14.6. The van der Waals surface area contributed by atoms with Gasteiger partial charge in [-0.1, -0.05) is 32.6 Å². The fourth-order valence-electron chi connectivity index (χ4n) is 0.886. The van der Waals surface area contributed by atoms with Gasteiger partial charge in [0.2, 0.25) is 0 Å². The van der Waals surface area contributed by atoms with Gasteiger partial charge in [0, 0.05) is 5.54 Å². The maximum atomic E-state index is 5.40. The summed E-state index contributed by atoms with van der Waals surface area (Å²) >= 11 is 0. The van der Waals surface area contributed by atoms with Gasteiger partial charge in [-0.3, -0.25) is 0 Å². The molecule has 0 rings (SSSR count). The van der Waals surface area contributed by atoms with Crippen LogP contribution in [0.5, 0.6) is 0 Å². The van der Waals surface area contributed by atoms with E-state index in [0.717, 1.165) is 6.61 Å². The van der Waals surface area contributed by atoms with E-state index >= 15 is 0 Å². The topological polar surface area (TPSA) is 21.3 Å². The van der Waals surface area contributed by atoms with E-state index in [1.807, 2.05) is 0 Å². The minimum atomic E-state index is 0.109. The molecule has 96 valence electrons. The highest BCUT2D eigenvalue weighted by Crippen LogP contribution is 2.12. The third kappa shape index (κ3) is 15.0. The summed E-state index contributed by atoms with van der Waals surface area (Å²) in [5.74, 6) is 11.4. The van der Waals surface area contributed by atoms with Gasteiger partial charge in [-0.2, -0.15) is 0 Å². The van der Waals surface area contributed by atoms with Crippen LogP contribution >= 0.6 is 0 Å². The predicted octanol–water partition coefficient (Wildman–Crippen LogP) is 2.44. The number of nitrogens with one attached hydrogen (secondary N) is 1. The van der Waals surface area contributed by atoms with Gasteiger partial charge in [-0.15, -0.1) is 0 Å². The van der Waals surface area contributed by atoms with Crippen molar-refractivity contribution in [1.82, 2.24) is 5.32 Å². The molecule has 1 N–H and O–H groups in total. The Labute approximate surface area is 107 Å². The van der Waals surface area contributed by atoms with Crippen LogP contribution in [-0.2, 0) is 4.74 Å². The van der Waals surface area contributed by atoms with Gasteiger partial charge in [0.25, 0.3) is 0 Å². The lowest BCUT2D eigenvalue weighted by Gasteiger charge is -2.17. The molecule has 0 unspecified atom stereocenters. The van der Waals surface area contributed by atoms with Crippen molar-refractivity contribution in [2.75, 3.05) is 19.8 Å². The Hall–Kier alpha value is -0.960. The van der Waals surface area contributed by atoms with Crippen molar-refractivity contribution in [3.63, 3.8) is 0 Å². The molecular weight excluding hydrogens is 210 g/mol. The molecule has 0 bridgehead atoms. The molecule has 0 heterocycles. The van der Waals surface area contributed by atoms with Crippen LogP contribution in [0.2, 0.25) is 0 Å². The Morgan fingerprint density at radius 1 is 0.941 bits per heavy atom. The molecule has 0 saturated heterocycles. The third-order valence-corrected chi connectivity index (χ3v) is 1.66. The van der Waals surface area contributed by atoms with Crippen LogP contribution < -0.4 is 5.32 Å². The number of hydrogen-bond donors (Lipinski definition) is 1. The maximum absolute atomic E-state index is 5.40. The molecule has 0 aliphatic carbocycles. The zero-order chi connectivity index (χ0) is 13.4. The lowest BCUT2D eigenvalue weighted by Crippen LogP contribution is -2.35. The second-order valence-corrected chi connectivity index (χ2v) is 6.26. The van der Waals surface area contributed by atoms with Crippen molar-refractivity contribution < 1.29 is 4.74 Å². The maximum Gasteiger partial charge on any atom is 0.108 e. The van der Waals surface area contributed by atoms with E-state index in [4.69, 9.17) is 4.74 Å². The van der Waals surface area contributed by atoms with Crippen LogP contribution in [0.3, 0.4) is 0 Å². The number of rotatable bonds is 3. The minimum Gasteiger partial charge on any atom is -0.368 e. The molecule has 0 saturated carbocycles. The van der Waals surface area contributed by atoms with Crippen LogP contribution in [-0.4, -0.2) is 25.3 Å². The smallest absolute Gasteiger partial charge is 0.108 e. The fourth-order valence-corrected chi connectivity index (χ4v) is 0.886. The van der Waals surface area contributed by atoms with Gasteiger partial charge >= 0.3 is 0 Å². The van der Waals surface area contributed by atoms with E-state index in [1.54, 1.807) is 0 Å². The molecule has 0 aromatic heterocycles. The highest BCUT2D eigenvalue weighted by atomic mass is 16.5. The van der Waals surface area contributed by atoms with E-state index in [9.17, 15) is 0 Å². The average molecular weight is 235 g/mol. The summed E-state index contributed by atoms with van der Waals surface area (Å²) in [7, 11) is 0. The van der Waals surface area contributed by atoms with Crippen molar-refractivity contribution in [2.24, 2.45) is 5.41 Å². The first-order valence-corrected chi connectivity index (χ1v) is 5.99. The Morgan fingerprint density at radius 3 is 2.06 bits per heavy atom. The molecule has 0 aromatic rings. The van der Waals surface area contributed by atoms with E-state index in [1.165, 1.54) is 0 Å². The van der Waals surface area contributed by atoms with E-state index in [2.05, 4.69) is 70.5 Å². The first kappa shape index (κ1) is 16.0. The van der Waals surface area contributed by atoms with Gasteiger partial charge in [-0.25, -0.2) is 0 Å². The second-order valence-electron chi connectivity index (χ2n) is 6.26. The fraction of sp³-hybridized carbons (Fsp3) is 0.733. The normalized spacial score (nSPS) is 11.2. The van der Waals surface area contributed by atoms with Gasteiger partial charge < -0.3 is 10.1 Å². The first-order valence-electron chi connectivity index (χ1n) is 5.99. The SMILES string of the molecule is CC(C)(C)COCC#CC#CCNC(C)(C)C. The third-order valence-electron chi connectivity index (χ3n) is 1.66. The number of hydrogen-bond acceptors (Lipinski definition) is 2. The van der Waals surface area contributed by atoms with Gasteiger partial charge in [0.15, 0.2) is 0 Å². The lowest BCUT2D eigenvalue weighted by atomic mass is 9.99. The highest BCUT2D eigenvalue weighted by Gasteiger charge is 2.08. The summed E-state index contributed by atoms with van der Waals surface area (Å²) in [6.07, 6.45) is 0. The van der Waals surface area contributed by atoms with Crippen LogP contribution in [0, 0.1) is 29.1 Å². The molecule has 2 heteroatoms. The van der Waals surface area contributed by atoms with E-state index < -0.39 is 0 Å². The Balaban J connectivity index is 3.66. The summed E-state index contributed by atoms with van der Waals surface area (Å²) in [6, 6.07) is 0. The second kappa shape index (κ2) is 7.38. The molecule has 0 spiro atoms. The van der Waals surface area contributed by atoms with E-state index in [-0.39, 0.29) is 11.0 Å². The molecule has 0 fully saturated rings. The lowest BCUT2D eigenvalue weighted by molar-refractivity contribution is 0.0943. The first-order chi connectivity index (χ1) is 7.71. The largest absolute Gasteiger partial charge is 0.368 e. The minimum absolute atomic E-state index is 0.109. The van der Waals surface area contributed by atoms with Gasteiger partial charge in [-0.05, 0) is 38.0 Å². The van der Waals surface area contributed by atoms with Crippen LogP contribution in [0.25, 0.3) is 0 Å². The van der Waals surface area contributed by atoms with Crippen molar-refractivity contribution >= 4 is 0 Å². The van der Waals surface area contributed by atoms with E-state index in [0.29, 0.717) is 13.2 Å². The molecule has 17 heavy (non-hydrogen) atoms. The highest BCUT2D eigenvalue weighted by molar-refractivity contribution is 5.26. The molecule has 0 radical (unpaired) electrons. The van der Waals surface area contributed by atoms with Crippen molar-refractivity contribution in [1.29, 1.82) is 0 Å². The van der Waals surface area contributed by atoms with Gasteiger partial charge in [0.05, 0.1) is 13.2 Å². The summed E-state index contributed by atoms with van der Waals surface area (Å²) < 4.78 is 5.40. The van der Waals surface area contributed by atoms with Crippen LogP contribution in [0.15, 0.2) is 0 Å². The van der Waals surface area contributed by atoms with Crippen molar-refractivity contribution in [2.45, 2.75) is 47.1 Å². The Bertz CT molecular complexity index is 322. The van der Waals surface area contributed by atoms with Crippen molar-refractivity contribution in [3.8, 4) is 23.7 Å². The van der Waals surface area contributed by atoms with Crippen LogP contribution in [0.1, 0.15) is 41.5 Å². The predicted molar refractivity (Wildman–Crippen MR) is 73.6 cm³/mol. The zero-order valence-electron chi connectivity index (χ0n) is 12.0. The Morgan fingerprint density at radius 2 is 1.53 bits per heavy atom. The molecule has 2 nitrogen and oxygen atoms in total. The monoisotopic (exact) mass is 235 g/mol. The summed E-state index contributed by atoms with van der Waals surface area (Å²) in [4.78, 5) is 0. The quantitative estimate of drug-likeness (QED) is 0.599. The molecule has 0 aliphatic heterocycles. The molecule has 0 atom stereocenters. The average Bonchev–Trinajstić information content (AvgIpc) is 2.11. The summed E-state index contributed by atoms with van der Waals surface area (Å²) in [5.41, 5.74) is 0.307. The van der Waals surface area contributed by atoms with Crippen molar-refractivity contribution in [3.05, 3.63) is 0 Å². The number of ether oxygens (including phenoxy) is 1. The standard InChI is InChI=1S/C15H25NO/c1-14(2,3)13-17-12-10-8-7-9-11-16-15(4,5)6/h16H,11-13H2,1-6H3. The molecule has 0 aromatic carbocycles. The summed E-state index contributed by atoms with van der Waals surface area (Å²) in [5, 5.41) is 3.27. The zero-order valence-corrected chi connectivity index (χ0v) is 12.0. The van der Waals surface area contributed by atoms with Crippen LogP contribution in [0.4, 0.5) is 0 Å².